The van der Waals surface area contributed by atoms with E-state index < -0.39 is 0 Å². The summed E-state index contributed by atoms with van der Waals surface area (Å²) in [6.45, 7) is 6.61. The third-order valence-corrected chi connectivity index (χ3v) is 3.67. The van der Waals surface area contributed by atoms with Crippen LogP contribution in [0.2, 0.25) is 0 Å². The average molecular weight is 250 g/mol. The summed E-state index contributed by atoms with van der Waals surface area (Å²) in [6, 6.07) is 0. The van der Waals surface area contributed by atoms with E-state index in [2.05, 4.69) is 10.5 Å². The minimum atomic E-state index is -0.0376. The van der Waals surface area contributed by atoms with Crippen LogP contribution >= 0.6 is 0 Å². The second kappa shape index (κ2) is 5.55. The lowest BCUT2D eigenvalue weighted by molar-refractivity contribution is 0.0944. The summed E-state index contributed by atoms with van der Waals surface area (Å²) < 4.78 is 5.24. The maximum atomic E-state index is 12.2. The van der Waals surface area contributed by atoms with Gasteiger partial charge in [-0.2, -0.15) is 0 Å². The summed E-state index contributed by atoms with van der Waals surface area (Å²) in [6.07, 6.45) is 5.06. The largest absolute Gasteiger partial charge is 0.360 e. The normalized spacial score (nSPS) is 16.4. The molecule has 1 amide bonds. The van der Waals surface area contributed by atoms with Gasteiger partial charge in [-0.25, -0.2) is 0 Å². The molecule has 1 aliphatic rings. The van der Waals surface area contributed by atoms with Crippen LogP contribution in [0.15, 0.2) is 4.52 Å². The fourth-order valence-corrected chi connectivity index (χ4v) is 2.60. The molecule has 1 fully saturated rings. The van der Waals surface area contributed by atoms with Gasteiger partial charge in [-0.05, 0) is 25.7 Å². The van der Waals surface area contributed by atoms with E-state index in [0.29, 0.717) is 22.9 Å². The zero-order valence-corrected chi connectivity index (χ0v) is 11.5. The zero-order chi connectivity index (χ0) is 13.1. The van der Waals surface area contributed by atoms with Crippen LogP contribution in [0.3, 0.4) is 0 Å². The van der Waals surface area contributed by atoms with Crippen molar-refractivity contribution in [3.63, 3.8) is 0 Å². The van der Waals surface area contributed by atoms with Gasteiger partial charge >= 0.3 is 0 Å². The summed E-state index contributed by atoms with van der Waals surface area (Å²) in [5.41, 5.74) is 1.31. The molecule has 2 rings (SSSR count). The molecule has 1 saturated carbocycles. The van der Waals surface area contributed by atoms with E-state index in [1.807, 2.05) is 20.8 Å². The van der Waals surface area contributed by atoms with Crippen molar-refractivity contribution in [2.45, 2.75) is 52.4 Å². The molecule has 0 unspecified atom stereocenters. The van der Waals surface area contributed by atoms with E-state index in [9.17, 15) is 4.79 Å². The Morgan fingerprint density at radius 1 is 1.44 bits per heavy atom. The van der Waals surface area contributed by atoms with Gasteiger partial charge in [0.05, 0.1) is 5.69 Å². The highest BCUT2D eigenvalue weighted by molar-refractivity contribution is 5.96. The summed E-state index contributed by atoms with van der Waals surface area (Å²) >= 11 is 0. The minimum absolute atomic E-state index is 0.0376. The lowest BCUT2D eigenvalue weighted by Gasteiger charge is -2.11. The van der Waals surface area contributed by atoms with Crippen LogP contribution in [0.5, 0.6) is 0 Å². The molecular weight excluding hydrogens is 228 g/mol. The van der Waals surface area contributed by atoms with E-state index in [-0.39, 0.29) is 11.8 Å². The highest BCUT2D eigenvalue weighted by Crippen LogP contribution is 2.25. The van der Waals surface area contributed by atoms with Crippen molar-refractivity contribution in [3.8, 4) is 0 Å². The Labute approximate surface area is 108 Å². The Balaban J connectivity index is 2.01. The number of rotatable bonds is 4. The van der Waals surface area contributed by atoms with Crippen LogP contribution in [0.1, 0.15) is 67.3 Å². The number of hydrogen-bond acceptors (Lipinski definition) is 3. The van der Waals surface area contributed by atoms with Gasteiger partial charge in [-0.1, -0.05) is 31.8 Å². The first-order valence-corrected chi connectivity index (χ1v) is 6.84. The van der Waals surface area contributed by atoms with Crippen LogP contribution in [0, 0.1) is 12.8 Å². The number of carbonyl (C=O) groups is 1. The molecule has 100 valence electrons. The van der Waals surface area contributed by atoms with Gasteiger partial charge < -0.3 is 9.84 Å². The molecule has 0 aromatic carbocycles. The van der Waals surface area contributed by atoms with Crippen molar-refractivity contribution in [1.82, 2.24) is 10.5 Å². The number of aromatic nitrogens is 1. The Hall–Kier alpha value is -1.32. The first kappa shape index (κ1) is 13.1. The Kier molecular flexibility index (Phi) is 4.04. The first-order chi connectivity index (χ1) is 8.59. The number of aryl methyl sites for hydroxylation is 1. The van der Waals surface area contributed by atoms with E-state index >= 15 is 0 Å². The number of hydrogen-bond donors (Lipinski definition) is 1. The van der Waals surface area contributed by atoms with Crippen molar-refractivity contribution in [1.29, 1.82) is 0 Å². The van der Waals surface area contributed by atoms with Gasteiger partial charge in [-0.3, -0.25) is 4.79 Å². The summed E-state index contributed by atoms with van der Waals surface area (Å²) in [7, 11) is 0. The second-order valence-electron chi connectivity index (χ2n) is 5.52. The Morgan fingerprint density at radius 3 is 2.72 bits per heavy atom. The van der Waals surface area contributed by atoms with Crippen LogP contribution in [-0.2, 0) is 0 Å². The van der Waals surface area contributed by atoms with Gasteiger partial charge in [0.25, 0.3) is 5.91 Å². The molecule has 4 heteroatoms. The lowest BCUT2D eigenvalue weighted by Crippen LogP contribution is -2.29. The van der Waals surface area contributed by atoms with Gasteiger partial charge in [0.15, 0.2) is 5.76 Å². The maximum Gasteiger partial charge on any atom is 0.256 e. The Bertz CT molecular complexity index is 417. The molecule has 0 radical (unpaired) electrons. The monoisotopic (exact) mass is 250 g/mol. The van der Waals surface area contributed by atoms with Gasteiger partial charge in [-0.15, -0.1) is 0 Å². The van der Waals surface area contributed by atoms with Crippen molar-refractivity contribution in [3.05, 3.63) is 17.0 Å². The smallest absolute Gasteiger partial charge is 0.256 e. The molecule has 0 atom stereocenters. The molecule has 1 heterocycles. The van der Waals surface area contributed by atoms with Crippen molar-refractivity contribution < 1.29 is 9.32 Å². The van der Waals surface area contributed by atoms with Gasteiger partial charge in [0.1, 0.15) is 5.56 Å². The van der Waals surface area contributed by atoms with E-state index in [4.69, 9.17) is 4.52 Å². The predicted octanol–water partition coefficient (Wildman–Crippen LogP) is 3.03. The van der Waals surface area contributed by atoms with Crippen LogP contribution in [0.25, 0.3) is 0 Å². The van der Waals surface area contributed by atoms with Crippen molar-refractivity contribution >= 4 is 5.91 Å². The average Bonchev–Trinajstić information content (AvgIpc) is 2.94. The van der Waals surface area contributed by atoms with Crippen molar-refractivity contribution in [2.75, 3.05) is 6.54 Å². The van der Waals surface area contributed by atoms with E-state index in [0.717, 1.165) is 6.54 Å². The van der Waals surface area contributed by atoms with Crippen LogP contribution < -0.4 is 5.32 Å². The van der Waals surface area contributed by atoms with Gasteiger partial charge in [0, 0.05) is 12.5 Å². The standard InChI is InChI=1S/C14H22N2O2/c1-9(2)13-12(10(3)16-18-13)14(17)15-8-11-6-4-5-7-11/h9,11H,4-8H2,1-3H3,(H,15,17). The molecule has 0 aliphatic heterocycles. The molecule has 1 N–H and O–H groups in total. The van der Waals surface area contributed by atoms with Gasteiger partial charge in [0.2, 0.25) is 0 Å². The van der Waals surface area contributed by atoms with E-state index in [1.165, 1.54) is 25.7 Å². The maximum absolute atomic E-state index is 12.2. The molecular formula is C14H22N2O2. The third kappa shape index (κ3) is 2.74. The number of nitrogens with zero attached hydrogens (tertiary/aromatic N) is 1. The van der Waals surface area contributed by atoms with E-state index in [1.54, 1.807) is 0 Å². The molecule has 0 bridgehead atoms. The molecule has 1 aromatic rings. The summed E-state index contributed by atoms with van der Waals surface area (Å²) in [5, 5.41) is 6.93. The number of nitrogens with one attached hydrogen (secondary N) is 1. The summed E-state index contributed by atoms with van der Waals surface area (Å²) in [5.74, 6) is 1.48. The fourth-order valence-electron chi connectivity index (χ4n) is 2.60. The highest BCUT2D eigenvalue weighted by atomic mass is 16.5. The van der Waals surface area contributed by atoms with Crippen molar-refractivity contribution in [2.24, 2.45) is 5.92 Å². The minimum Gasteiger partial charge on any atom is -0.360 e. The molecule has 1 aromatic heterocycles. The van der Waals surface area contributed by atoms with Crippen LogP contribution in [0.4, 0.5) is 0 Å². The molecule has 0 saturated heterocycles. The topological polar surface area (TPSA) is 55.1 Å². The fraction of sp³-hybridized carbons (Fsp3) is 0.714. The predicted molar refractivity (Wildman–Crippen MR) is 69.6 cm³/mol. The molecule has 4 nitrogen and oxygen atoms in total. The first-order valence-electron chi connectivity index (χ1n) is 6.84. The SMILES string of the molecule is Cc1noc(C(C)C)c1C(=O)NCC1CCCC1. The quantitative estimate of drug-likeness (QED) is 0.893. The second-order valence-corrected chi connectivity index (χ2v) is 5.52. The Morgan fingerprint density at radius 2 is 2.11 bits per heavy atom. The van der Waals surface area contributed by atoms with Crippen LogP contribution in [-0.4, -0.2) is 17.6 Å². The zero-order valence-electron chi connectivity index (χ0n) is 11.5. The number of carbonyl (C=O) groups excluding carboxylic acids is 1. The number of amides is 1. The third-order valence-electron chi connectivity index (χ3n) is 3.67. The summed E-state index contributed by atoms with van der Waals surface area (Å²) in [4.78, 5) is 12.2. The molecule has 18 heavy (non-hydrogen) atoms. The molecule has 0 spiro atoms. The molecule has 1 aliphatic carbocycles. The lowest BCUT2D eigenvalue weighted by atomic mass is 10.0. The highest BCUT2D eigenvalue weighted by Gasteiger charge is 2.23.